The van der Waals surface area contributed by atoms with E-state index in [1.807, 2.05) is 29.9 Å². The summed E-state index contributed by atoms with van der Waals surface area (Å²) >= 11 is 0. The number of hydrogen-bond acceptors (Lipinski definition) is 1. The van der Waals surface area contributed by atoms with Gasteiger partial charge in [0.05, 0.1) is 5.65 Å². The molecule has 2 heterocycles. The van der Waals surface area contributed by atoms with Crippen molar-refractivity contribution >= 4 is 16.4 Å². The van der Waals surface area contributed by atoms with E-state index in [2.05, 4.69) is 29.2 Å². The molecule has 0 N–H and O–H groups in total. The van der Waals surface area contributed by atoms with Crippen LogP contribution < -0.4 is 0 Å². The van der Waals surface area contributed by atoms with Gasteiger partial charge in [0.15, 0.2) is 0 Å². The van der Waals surface area contributed by atoms with Crippen LogP contribution in [0.25, 0.3) is 16.4 Å². The normalized spacial score (nSPS) is 10.5. The maximum atomic E-state index is 4.32. The number of hydrogen-bond donors (Lipinski definition) is 0. The Balaban J connectivity index is 0.000000853. The molecule has 0 fully saturated rings. The molecule has 0 atom stereocenters. The number of benzene rings is 1. The second-order valence-electron chi connectivity index (χ2n) is 3.45. The van der Waals surface area contributed by atoms with E-state index in [0.29, 0.717) is 0 Å². The Morgan fingerprint density at radius 2 is 2.07 bits per heavy atom. The zero-order valence-electron chi connectivity index (χ0n) is 8.17. The standard InChI is InChI=1S/C12H9N2.Pt/c1-9-2-3-10-4-6-14-7-5-13-12(14)11(10)8-9;/h2-7H,1H3;/q-1;. The number of pyridine rings is 1. The van der Waals surface area contributed by atoms with Crippen molar-refractivity contribution in [2.75, 3.05) is 0 Å². The first-order valence-corrected chi connectivity index (χ1v) is 4.59. The molecular weight excluding hydrogens is 367 g/mol. The van der Waals surface area contributed by atoms with E-state index in [1.165, 1.54) is 5.39 Å². The predicted octanol–water partition coefficient (Wildman–Crippen LogP) is 2.59. The fourth-order valence-electron chi connectivity index (χ4n) is 1.72. The Hall–Kier alpha value is -1.14. The minimum absolute atomic E-state index is 0. The van der Waals surface area contributed by atoms with Gasteiger partial charge in [0.1, 0.15) is 0 Å². The van der Waals surface area contributed by atoms with Gasteiger partial charge in [0.25, 0.3) is 0 Å². The van der Waals surface area contributed by atoms with E-state index in [1.54, 1.807) is 0 Å². The van der Waals surface area contributed by atoms with Crippen LogP contribution >= 0.6 is 0 Å². The average Bonchev–Trinajstić information content (AvgIpc) is 2.65. The van der Waals surface area contributed by atoms with Crippen LogP contribution in [0.3, 0.4) is 0 Å². The number of fused-ring (bicyclic) bond motifs is 3. The monoisotopic (exact) mass is 376 g/mol. The Bertz CT molecular complexity index is 613. The van der Waals surface area contributed by atoms with Crippen LogP contribution in [-0.2, 0) is 21.1 Å². The first kappa shape index (κ1) is 10.4. The van der Waals surface area contributed by atoms with Crippen molar-refractivity contribution in [2.45, 2.75) is 6.92 Å². The molecular formula is C12H9N2Pt-. The summed E-state index contributed by atoms with van der Waals surface area (Å²) in [4.78, 5) is 4.32. The zero-order chi connectivity index (χ0) is 9.54. The molecule has 3 heteroatoms. The largest absolute Gasteiger partial charge is 0.347 e. The predicted molar refractivity (Wildman–Crippen MR) is 56.3 cm³/mol. The van der Waals surface area contributed by atoms with E-state index >= 15 is 0 Å². The van der Waals surface area contributed by atoms with E-state index in [-0.39, 0.29) is 21.1 Å². The third kappa shape index (κ3) is 1.59. The van der Waals surface area contributed by atoms with Crippen molar-refractivity contribution < 1.29 is 21.1 Å². The molecule has 3 aromatic rings. The van der Waals surface area contributed by atoms with Gasteiger partial charge in [-0.15, -0.1) is 34.5 Å². The quantitative estimate of drug-likeness (QED) is 0.552. The molecule has 2 aromatic heterocycles. The van der Waals surface area contributed by atoms with Crippen molar-refractivity contribution in [3.8, 4) is 0 Å². The van der Waals surface area contributed by atoms with Crippen LogP contribution in [0.2, 0.25) is 0 Å². The van der Waals surface area contributed by atoms with E-state index in [4.69, 9.17) is 0 Å². The molecule has 0 aliphatic carbocycles. The summed E-state index contributed by atoms with van der Waals surface area (Å²) in [6, 6.07) is 9.60. The maximum absolute atomic E-state index is 4.32. The Kier molecular flexibility index (Phi) is 2.62. The Morgan fingerprint density at radius 1 is 1.20 bits per heavy atom. The van der Waals surface area contributed by atoms with Gasteiger partial charge >= 0.3 is 0 Å². The third-order valence-corrected chi connectivity index (χ3v) is 2.43. The molecule has 0 amide bonds. The molecule has 0 saturated heterocycles. The summed E-state index contributed by atoms with van der Waals surface area (Å²) in [7, 11) is 0. The van der Waals surface area contributed by atoms with Crippen molar-refractivity contribution in [2.24, 2.45) is 0 Å². The molecule has 2 nitrogen and oxygen atoms in total. The fraction of sp³-hybridized carbons (Fsp3) is 0.0833. The van der Waals surface area contributed by atoms with Gasteiger partial charge in [-0.1, -0.05) is 13.0 Å². The van der Waals surface area contributed by atoms with Crippen LogP contribution in [0.4, 0.5) is 0 Å². The average molecular weight is 376 g/mol. The zero-order valence-corrected chi connectivity index (χ0v) is 10.4. The van der Waals surface area contributed by atoms with Crippen LogP contribution in [0.15, 0.2) is 36.8 Å². The van der Waals surface area contributed by atoms with E-state index in [0.717, 1.165) is 16.6 Å². The van der Waals surface area contributed by atoms with Gasteiger partial charge in [0, 0.05) is 33.5 Å². The third-order valence-electron chi connectivity index (χ3n) is 2.43. The maximum Gasteiger partial charge on any atom is 0.0603 e. The topological polar surface area (TPSA) is 17.3 Å². The Labute approximate surface area is 102 Å². The van der Waals surface area contributed by atoms with Crippen LogP contribution in [0.5, 0.6) is 0 Å². The van der Waals surface area contributed by atoms with E-state index < -0.39 is 0 Å². The molecule has 0 unspecified atom stereocenters. The molecule has 0 aliphatic rings. The van der Waals surface area contributed by atoms with Gasteiger partial charge < -0.3 is 4.40 Å². The summed E-state index contributed by atoms with van der Waals surface area (Å²) in [5.74, 6) is 0. The van der Waals surface area contributed by atoms with Crippen LogP contribution in [0.1, 0.15) is 5.56 Å². The molecule has 0 saturated carbocycles. The van der Waals surface area contributed by atoms with Gasteiger partial charge in [-0.05, 0) is 6.20 Å². The van der Waals surface area contributed by atoms with E-state index in [9.17, 15) is 0 Å². The molecule has 78 valence electrons. The molecule has 0 bridgehead atoms. The van der Waals surface area contributed by atoms with Gasteiger partial charge in [-0.25, -0.2) is 0 Å². The number of nitrogens with zero attached hydrogens (tertiary/aromatic N) is 2. The molecule has 15 heavy (non-hydrogen) atoms. The summed E-state index contributed by atoms with van der Waals surface area (Å²) in [5, 5.41) is 2.28. The molecule has 3 rings (SSSR count). The number of rotatable bonds is 0. The minimum atomic E-state index is 0. The first-order chi connectivity index (χ1) is 6.84. The smallest absolute Gasteiger partial charge is 0.0603 e. The van der Waals surface area contributed by atoms with Gasteiger partial charge in [-0.3, -0.25) is 4.98 Å². The van der Waals surface area contributed by atoms with Gasteiger partial charge in [0.2, 0.25) is 0 Å². The Morgan fingerprint density at radius 3 is 2.93 bits per heavy atom. The van der Waals surface area contributed by atoms with Crippen molar-refractivity contribution in [1.82, 2.24) is 9.38 Å². The summed E-state index contributed by atoms with van der Waals surface area (Å²) in [6.07, 6.45) is 5.78. The number of aromatic nitrogens is 2. The van der Waals surface area contributed by atoms with Crippen LogP contribution in [-0.4, -0.2) is 9.38 Å². The van der Waals surface area contributed by atoms with Crippen molar-refractivity contribution in [3.63, 3.8) is 0 Å². The summed E-state index contributed by atoms with van der Waals surface area (Å²) in [5.41, 5.74) is 2.12. The SMILES string of the molecule is Cc1[c-]c2c(cc1)ccn1ccnc21.[Pt]. The van der Waals surface area contributed by atoms with Crippen LogP contribution in [0, 0.1) is 13.0 Å². The molecule has 1 aromatic carbocycles. The molecule has 0 spiro atoms. The second kappa shape index (κ2) is 3.78. The molecule has 0 radical (unpaired) electrons. The second-order valence-corrected chi connectivity index (χ2v) is 3.45. The minimum Gasteiger partial charge on any atom is -0.347 e. The first-order valence-electron chi connectivity index (χ1n) is 4.59. The summed E-state index contributed by atoms with van der Waals surface area (Å²) < 4.78 is 2.01. The van der Waals surface area contributed by atoms with Gasteiger partial charge in [-0.2, -0.15) is 0 Å². The van der Waals surface area contributed by atoms with Crippen molar-refractivity contribution in [1.29, 1.82) is 0 Å². The number of imidazole rings is 1. The molecule has 0 aliphatic heterocycles. The number of aryl methyl sites for hydroxylation is 1. The summed E-state index contributed by atoms with van der Waals surface area (Å²) in [6.45, 7) is 2.05. The van der Waals surface area contributed by atoms with Crippen molar-refractivity contribution in [3.05, 3.63) is 48.4 Å². The fourth-order valence-corrected chi connectivity index (χ4v) is 1.72.